The van der Waals surface area contributed by atoms with Gasteiger partial charge in [-0.15, -0.1) is 12.4 Å². The number of rotatable bonds is 4. The summed E-state index contributed by atoms with van der Waals surface area (Å²) in [4.78, 5) is 12.0. The summed E-state index contributed by atoms with van der Waals surface area (Å²) in [6.07, 6.45) is 0.451. The van der Waals surface area contributed by atoms with E-state index in [2.05, 4.69) is 0 Å². The Kier molecular flexibility index (Phi) is 6.69. The molecule has 0 aromatic heterocycles. The summed E-state index contributed by atoms with van der Waals surface area (Å²) in [6.45, 7) is 1.83. The molecule has 2 aromatic carbocycles. The van der Waals surface area contributed by atoms with Crippen molar-refractivity contribution in [1.82, 2.24) is 0 Å². The molecule has 0 aliphatic carbocycles. The average Bonchev–Trinajstić information content (AvgIpc) is 2.43. The van der Waals surface area contributed by atoms with E-state index in [1.165, 1.54) is 0 Å². The summed E-state index contributed by atoms with van der Waals surface area (Å²) in [5.74, 6) is 0.0437. The molecule has 0 amide bonds. The zero-order valence-corrected chi connectivity index (χ0v) is 13.2. The molecule has 2 rings (SSSR count). The van der Waals surface area contributed by atoms with Gasteiger partial charge in [0.2, 0.25) is 0 Å². The molecule has 2 aromatic rings. The van der Waals surface area contributed by atoms with Crippen molar-refractivity contribution in [2.45, 2.75) is 19.4 Å². The highest BCUT2D eigenvalue weighted by Gasteiger charge is 2.17. The van der Waals surface area contributed by atoms with Gasteiger partial charge in [-0.2, -0.15) is 0 Å². The van der Waals surface area contributed by atoms with Gasteiger partial charge in [-0.1, -0.05) is 41.9 Å². The predicted molar refractivity (Wildman–Crippen MR) is 87.2 cm³/mol. The number of hydrogen-bond acceptors (Lipinski definition) is 3. The number of hydrogen-bond donors (Lipinski definition) is 1. The summed E-state index contributed by atoms with van der Waals surface area (Å²) >= 11 is 5.86. The molecule has 0 radical (unpaired) electrons. The number of aryl methyl sites for hydroxylation is 1. The smallest absolute Gasteiger partial charge is 0.328 e. The maximum absolute atomic E-state index is 12.0. The van der Waals surface area contributed by atoms with Crippen LogP contribution < -0.4 is 10.5 Å². The normalized spacial score (nSPS) is 11.4. The second-order valence-corrected chi connectivity index (χ2v) is 5.06. The molecule has 0 spiro atoms. The van der Waals surface area contributed by atoms with Gasteiger partial charge in [0.15, 0.2) is 0 Å². The van der Waals surface area contributed by atoms with Crippen LogP contribution in [0.15, 0.2) is 48.5 Å². The summed E-state index contributed by atoms with van der Waals surface area (Å²) in [5, 5.41) is 0.607. The molecule has 5 heteroatoms. The lowest BCUT2D eigenvalue weighted by molar-refractivity contribution is -0.135. The van der Waals surface area contributed by atoms with Gasteiger partial charge >= 0.3 is 5.97 Å². The first-order chi connectivity index (χ1) is 9.56. The van der Waals surface area contributed by atoms with Gasteiger partial charge in [0, 0.05) is 5.02 Å². The molecule has 0 bridgehead atoms. The Hall–Kier alpha value is -1.55. The van der Waals surface area contributed by atoms with Crippen LogP contribution in [-0.2, 0) is 11.2 Å². The molecule has 1 atom stereocenters. The van der Waals surface area contributed by atoms with E-state index >= 15 is 0 Å². The minimum absolute atomic E-state index is 0. The first-order valence-electron chi connectivity index (χ1n) is 6.33. The molecular weight excluding hydrogens is 309 g/mol. The lowest BCUT2D eigenvalue weighted by Gasteiger charge is -2.13. The van der Waals surface area contributed by atoms with Crippen molar-refractivity contribution >= 4 is 30.0 Å². The second-order valence-electron chi connectivity index (χ2n) is 4.63. The van der Waals surface area contributed by atoms with E-state index in [1.54, 1.807) is 18.2 Å². The molecule has 0 unspecified atom stereocenters. The number of benzene rings is 2. The van der Waals surface area contributed by atoms with Gasteiger partial charge in [-0.3, -0.25) is 0 Å². The van der Waals surface area contributed by atoms with Crippen LogP contribution in [0.4, 0.5) is 0 Å². The van der Waals surface area contributed by atoms with E-state index in [1.807, 2.05) is 37.3 Å². The fourth-order valence-electron chi connectivity index (χ4n) is 1.86. The highest BCUT2D eigenvalue weighted by Crippen LogP contribution is 2.22. The van der Waals surface area contributed by atoms with E-state index < -0.39 is 12.0 Å². The van der Waals surface area contributed by atoms with Gasteiger partial charge in [0.25, 0.3) is 0 Å². The van der Waals surface area contributed by atoms with Crippen LogP contribution in [0.1, 0.15) is 11.1 Å². The molecule has 0 aliphatic heterocycles. The van der Waals surface area contributed by atoms with Crippen LogP contribution in [-0.4, -0.2) is 12.0 Å². The molecular formula is C16H17Cl2NO2. The van der Waals surface area contributed by atoms with Crippen LogP contribution in [0.2, 0.25) is 5.02 Å². The number of carbonyl (C=O) groups is 1. The fourth-order valence-corrected chi connectivity index (χ4v) is 2.09. The zero-order valence-electron chi connectivity index (χ0n) is 11.6. The van der Waals surface area contributed by atoms with Crippen molar-refractivity contribution < 1.29 is 9.53 Å². The van der Waals surface area contributed by atoms with Crippen molar-refractivity contribution in [2.24, 2.45) is 5.73 Å². The van der Waals surface area contributed by atoms with Crippen molar-refractivity contribution in [2.75, 3.05) is 0 Å². The third-order valence-corrected chi connectivity index (χ3v) is 3.18. The zero-order chi connectivity index (χ0) is 14.5. The molecule has 112 valence electrons. The highest BCUT2D eigenvalue weighted by atomic mass is 35.5. The van der Waals surface area contributed by atoms with Gasteiger partial charge < -0.3 is 10.5 Å². The highest BCUT2D eigenvalue weighted by molar-refractivity contribution is 6.30. The number of halogens is 2. The summed E-state index contributed by atoms with van der Waals surface area (Å²) in [5.41, 5.74) is 7.68. The number of carbonyl (C=O) groups excluding carboxylic acids is 1. The maximum Gasteiger partial charge on any atom is 0.328 e. The third-order valence-electron chi connectivity index (χ3n) is 2.95. The quantitative estimate of drug-likeness (QED) is 0.690. The first-order valence-corrected chi connectivity index (χ1v) is 6.71. The fraction of sp³-hybridized carbons (Fsp3) is 0.188. The maximum atomic E-state index is 12.0. The molecule has 0 aliphatic rings. The summed E-state index contributed by atoms with van der Waals surface area (Å²) in [6, 6.07) is 14.0. The molecule has 0 heterocycles. The molecule has 3 nitrogen and oxygen atoms in total. The van der Waals surface area contributed by atoms with Crippen LogP contribution in [0.5, 0.6) is 5.75 Å². The number of esters is 1. The molecule has 2 N–H and O–H groups in total. The third kappa shape index (κ3) is 5.05. The number of ether oxygens (including phenoxy) is 1. The predicted octanol–water partition coefficient (Wildman–Crippen LogP) is 3.55. The van der Waals surface area contributed by atoms with Crippen molar-refractivity contribution in [3.63, 3.8) is 0 Å². The SMILES string of the molecule is Cc1cc(Cl)ccc1OC(=O)[C@@H](N)Cc1ccccc1.Cl. The van der Waals surface area contributed by atoms with Gasteiger partial charge in [-0.25, -0.2) is 4.79 Å². The minimum atomic E-state index is -0.688. The largest absolute Gasteiger partial charge is 0.425 e. The Morgan fingerprint density at radius 1 is 1.24 bits per heavy atom. The van der Waals surface area contributed by atoms with E-state index in [9.17, 15) is 4.79 Å². The number of nitrogens with two attached hydrogens (primary N) is 1. The van der Waals surface area contributed by atoms with Crippen molar-refractivity contribution in [3.8, 4) is 5.75 Å². The molecule has 0 saturated heterocycles. The monoisotopic (exact) mass is 325 g/mol. The Balaban J connectivity index is 0.00000220. The van der Waals surface area contributed by atoms with Gasteiger partial charge in [0.05, 0.1) is 0 Å². The molecule has 21 heavy (non-hydrogen) atoms. The topological polar surface area (TPSA) is 52.3 Å². The molecule has 0 fully saturated rings. The Bertz CT molecular complexity index is 602. The van der Waals surface area contributed by atoms with Crippen LogP contribution in [0.25, 0.3) is 0 Å². The van der Waals surface area contributed by atoms with Crippen molar-refractivity contribution in [1.29, 1.82) is 0 Å². The van der Waals surface area contributed by atoms with E-state index in [0.29, 0.717) is 17.2 Å². The Morgan fingerprint density at radius 3 is 2.52 bits per heavy atom. The lowest BCUT2D eigenvalue weighted by atomic mass is 10.1. The van der Waals surface area contributed by atoms with Gasteiger partial charge in [-0.05, 0) is 42.7 Å². The molecule has 0 saturated carbocycles. The first kappa shape index (κ1) is 17.5. The average molecular weight is 326 g/mol. The van der Waals surface area contributed by atoms with Crippen LogP contribution >= 0.6 is 24.0 Å². The van der Waals surface area contributed by atoms with E-state index in [-0.39, 0.29) is 12.4 Å². The summed E-state index contributed by atoms with van der Waals surface area (Å²) < 4.78 is 5.31. The Labute approximate surface area is 135 Å². The van der Waals surface area contributed by atoms with Crippen LogP contribution in [0, 0.1) is 6.92 Å². The van der Waals surface area contributed by atoms with Crippen LogP contribution in [0.3, 0.4) is 0 Å². The van der Waals surface area contributed by atoms with E-state index in [0.717, 1.165) is 11.1 Å². The second kappa shape index (κ2) is 8.03. The standard InChI is InChI=1S/C16H16ClNO2.ClH/c1-11-9-13(17)7-8-15(11)20-16(19)14(18)10-12-5-3-2-4-6-12;/h2-9,14H,10,18H2,1H3;1H/t14-;/m0./s1. The van der Waals surface area contributed by atoms with Crippen molar-refractivity contribution in [3.05, 3.63) is 64.7 Å². The van der Waals surface area contributed by atoms with Gasteiger partial charge in [0.1, 0.15) is 11.8 Å². The Morgan fingerprint density at radius 2 is 1.90 bits per heavy atom. The lowest BCUT2D eigenvalue weighted by Crippen LogP contribution is -2.36. The van der Waals surface area contributed by atoms with E-state index in [4.69, 9.17) is 22.1 Å². The minimum Gasteiger partial charge on any atom is -0.425 e. The summed E-state index contributed by atoms with van der Waals surface area (Å²) in [7, 11) is 0.